The number of benzene rings is 1. The number of amides is 1. The molecule has 0 spiro atoms. The van der Waals surface area contributed by atoms with Crippen LogP contribution < -0.4 is 9.47 Å². The molecule has 0 unspecified atom stereocenters. The molecule has 0 aliphatic carbocycles. The Kier molecular flexibility index (Phi) is 4.90. The lowest BCUT2D eigenvalue weighted by Gasteiger charge is -2.15. The van der Waals surface area contributed by atoms with Gasteiger partial charge in [0.2, 0.25) is 0 Å². The van der Waals surface area contributed by atoms with Gasteiger partial charge in [-0.25, -0.2) is 4.79 Å². The quantitative estimate of drug-likeness (QED) is 0.791. The van der Waals surface area contributed by atoms with Crippen LogP contribution in [0.25, 0.3) is 0 Å². The molecule has 0 N–H and O–H groups in total. The number of hydrogen-bond donors (Lipinski definition) is 0. The third kappa shape index (κ3) is 3.90. The monoisotopic (exact) mass is 295 g/mol. The predicted molar refractivity (Wildman–Crippen MR) is 78.6 cm³/mol. The zero-order valence-electron chi connectivity index (χ0n) is 11.5. The fourth-order valence-electron chi connectivity index (χ4n) is 1.92. The molecular formula is C15H18ClNO3. The van der Waals surface area contributed by atoms with Crippen LogP contribution in [0.5, 0.6) is 11.5 Å². The summed E-state index contributed by atoms with van der Waals surface area (Å²) in [6, 6.07) is 4.94. The summed E-state index contributed by atoms with van der Waals surface area (Å²) in [5.41, 5.74) is 0.889. The molecule has 2 rings (SSSR count). The highest BCUT2D eigenvalue weighted by molar-refractivity contribution is 6.32. The first kappa shape index (κ1) is 14.7. The molecule has 108 valence electrons. The van der Waals surface area contributed by atoms with E-state index in [1.807, 2.05) is 6.92 Å². The van der Waals surface area contributed by atoms with Gasteiger partial charge in [-0.3, -0.25) is 0 Å². The fourth-order valence-corrected chi connectivity index (χ4v) is 2.10. The van der Waals surface area contributed by atoms with Crippen molar-refractivity contribution in [2.75, 3.05) is 19.7 Å². The molecule has 1 amide bonds. The maximum Gasteiger partial charge on any atom is 0.415 e. The Hall–Kier alpha value is -1.68. The van der Waals surface area contributed by atoms with Gasteiger partial charge in [0.25, 0.3) is 0 Å². The van der Waals surface area contributed by atoms with Crippen molar-refractivity contribution in [3.63, 3.8) is 0 Å². The van der Waals surface area contributed by atoms with Crippen LogP contribution in [-0.4, -0.2) is 30.7 Å². The van der Waals surface area contributed by atoms with Gasteiger partial charge in [0, 0.05) is 19.2 Å². The number of likely N-dealkylation sites (tertiary alicyclic amines) is 1. The first-order chi connectivity index (χ1) is 9.56. The molecule has 1 fully saturated rings. The highest BCUT2D eigenvalue weighted by Gasteiger charge is 2.20. The van der Waals surface area contributed by atoms with E-state index in [1.54, 1.807) is 23.1 Å². The minimum Gasteiger partial charge on any atom is -0.488 e. The third-order valence-electron chi connectivity index (χ3n) is 2.95. The van der Waals surface area contributed by atoms with E-state index in [0.29, 0.717) is 23.1 Å². The number of ether oxygens (including phenoxy) is 2. The van der Waals surface area contributed by atoms with Crippen molar-refractivity contribution in [1.82, 2.24) is 4.90 Å². The van der Waals surface area contributed by atoms with E-state index in [-0.39, 0.29) is 6.09 Å². The van der Waals surface area contributed by atoms with Crippen LogP contribution in [0.15, 0.2) is 30.4 Å². The van der Waals surface area contributed by atoms with Gasteiger partial charge in [-0.1, -0.05) is 18.2 Å². The van der Waals surface area contributed by atoms with Crippen molar-refractivity contribution in [3.05, 3.63) is 35.4 Å². The molecule has 1 aliphatic rings. The summed E-state index contributed by atoms with van der Waals surface area (Å²) < 4.78 is 10.8. The van der Waals surface area contributed by atoms with E-state index >= 15 is 0 Å². The largest absolute Gasteiger partial charge is 0.488 e. The fraction of sp³-hybridized carbons (Fsp3) is 0.400. The Morgan fingerprint density at radius 3 is 2.75 bits per heavy atom. The summed E-state index contributed by atoms with van der Waals surface area (Å²) in [5.74, 6) is 0.921. The molecule has 0 saturated carbocycles. The van der Waals surface area contributed by atoms with Crippen LogP contribution in [-0.2, 0) is 0 Å². The molecular weight excluding hydrogens is 278 g/mol. The number of carbonyl (C=O) groups is 1. The van der Waals surface area contributed by atoms with Gasteiger partial charge in [0.1, 0.15) is 18.1 Å². The van der Waals surface area contributed by atoms with E-state index in [0.717, 1.165) is 31.5 Å². The number of nitrogens with zero attached hydrogens (tertiary/aromatic N) is 1. The van der Waals surface area contributed by atoms with Crippen LogP contribution in [0.1, 0.15) is 19.8 Å². The summed E-state index contributed by atoms with van der Waals surface area (Å²) in [4.78, 5) is 13.6. The second kappa shape index (κ2) is 6.66. The third-order valence-corrected chi connectivity index (χ3v) is 3.26. The van der Waals surface area contributed by atoms with Gasteiger partial charge in [-0.2, -0.15) is 0 Å². The topological polar surface area (TPSA) is 38.8 Å². The van der Waals surface area contributed by atoms with Crippen LogP contribution >= 0.6 is 11.6 Å². The molecule has 0 radical (unpaired) electrons. The normalized spacial score (nSPS) is 14.2. The van der Waals surface area contributed by atoms with Gasteiger partial charge in [-0.05, 0) is 37.5 Å². The van der Waals surface area contributed by atoms with Gasteiger partial charge in [-0.15, -0.1) is 0 Å². The Bertz CT molecular complexity index is 510. The minimum absolute atomic E-state index is 0.323. The maximum atomic E-state index is 11.9. The van der Waals surface area contributed by atoms with Crippen molar-refractivity contribution < 1.29 is 14.3 Å². The van der Waals surface area contributed by atoms with Crippen LogP contribution in [0, 0.1) is 0 Å². The second-order valence-electron chi connectivity index (χ2n) is 4.90. The standard InChI is InChI=1S/C15H18ClNO3/c1-11(2)10-19-14-9-12(5-6-13(14)16)20-15(18)17-7-3-4-8-17/h5-6,9H,1,3-4,7-8,10H2,2H3. The van der Waals surface area contributed by atoms with Crippen molar-refractivity contribution in [2.45, 2.75) is 19.8 Å². The van der Waals surface area contributed by atoms with Crippen molar-refractivity contribution in [2.24, 2.45) is 0 Å². The highest BCUT2D eigenvalue weighted by Crippen LogP contribution is 2.29. The highest BCUT2D eigenvalue weighted by atomic mass is 35.5. The van der Waals surface area contributed by atoms with E-state index in [2.05, 4.69) is 6.58 Å². The molecule has 0 bridgehead atoms. The average molecular weight is 296 g/mol. The molecule has 0 atom stereocenters. The van der Waals surface area contributed by atoms with Crippen LogP contribution in [0.3, 0.4) is 0 Å². The lowest BCUT2D eigenvalue weighted by Crippen LogP contribution is -2.30. The van der Waals surface area contributed by atoms with Crippen molar-refractivity contribution in [3.8, 4) is 11.5 Å². The number of rotatable bonds is 4. The molecule has 5 heteroatoms. The van der Waals surface area contributed by atoms with Gasteiger partial charge < -0.3 is 14.4 Å². The first-order valence-corrected chi connectivity index (χ1v) is 6.97. The number of hydrogen-bond acceptors (Lipinski definition) is 3. The van der Waals surface area contributed by atoms with Crippen molar-refractivity contribution >= 4 is 17.7 Å². The van der Waals surface area contributed by atoms with E-state index in [4.69, 9.17) is 21.1 Å². The summed E-state index contributed by atoms with van der Waals surface area (Å²) in [6.45, 7) is 7.52. The lowest BCUT2D eigenvalue weighted by atomic mass is 10.3. The number of carbonyl (C=O) groups excluding carboxylic acids is 1. The SMILES string of the molecule is C=C(C)COc1cc(OC(=O)N2CCCC2)ccc1Cl. The van der Waals surface area contributed by atoms with Crippen LogP contribution in [0.4, 0.5) is 4.79 Å². The van der Waals surface area contributed by atoms with Gasteiger partial charge >= 0.3 is 6.09 Å². The average Bonchev–Trinajstić information content (AvgIpc) is 2.93. The summed E-state index contributed by atoms with van der Waals surface area (Å²) in [5, 5.41) is 0.479. The van der Waals surface area contributed by atoms with Gasteiger partial charge in [0.15, 0.2) is 0 Å². The zero-order valence-corrected chi connectivity index (χ0v) is 12.3. The van der Waals surface area contributed by atoms with E-state index in [1.165, 1.54) is 0 Å². The van der Waals surface area contributed by atoms with Gasteiger partial charge in [0.05, 0.1) is 5.02 Å². The number of halogens is 1. The summed E-state index contributed by atoms with van der Waals surface area (Å²) in [6.07, 6.45) is 1.74. The molecule has 1 heterocycles. The van der Waals surface area contributed by atoms with E-state index in [9.17, 15) is 4.79 Å². The van der Waals surface area contributed by atoms with Crippen molar-refractivity contribution in [1.29, 1.82) is 0 Å². The Balaban J connectivity index is 2.02. The van der Waals surface area contributed by atoms with Crippen LogP contribution in [0.2, 0.25) is 5.02 Å². The molecule has 0 aromatic heterocycles. The molecule has 1 aliphatic heterocycles. The summed E-state index contributed by atoms with van der Waals surface area (Å²) >= 11 is 6.04. The van der Waals surface area contributed by atoms with E-state index < -0.39 is 0 Å². The smallest absolute Gasteiger partial charge is 0.415 e. The minimum atomic E-state index is -0.323. The summed E-state index contributed by atoms with van der Waals surface area (Å²) in [7, 11) is 0. The molecule has 1 aromatic rings. The lowest BCUT2D eigenvalue weighted by molar-refractivity contribution is 0.162. The Morgan fingerprint density at radius 2 is 2.10 bits per heavy atom. The molecule has 1 aromatic carbocycles. The zero-order chi connectivity index (χ0) is 14.5. The Labute approximate surface area is 123 Å². The molecule has 1 saturated heterocycles. The first-order valence-electron chi connectivity index (χ1n) is 6.60. The molecule has 4 nitrogen and oxygen atoms in total. The maximum absolute atomic E-state index is 11.9. The predicted octanol–water partition coefficient (Wildman–Crippen LogP) is 3.89. The second-order valence-corrected chi connectivity index (χ2v) is 5.31. The molecule has 20 heavy (non-hydrogen) atoms. The Morgan fingerprint density at radius 1 is 1.40 bits per heavy atom.